The van der Waals surface area contributed by atoms with Gasteiger partial charge in [-0.1, -0.05) is 18.2 Å². The lowest BCUT2D eigenvalue weighted by molar-refractivity contribution is 0.300. The number of benzene rings is 1. The summed E-state index contributed by atoms with van der Waals surface area (Å²) in [7, 11) is 0. The van der Waals surface area contributed by atoms with Crippen LogP contribution in [0.4, 0.5) is 5.82 Å². The van der Waals surface area contributed by atoms with E-state index in [1.54, 1.807) is 0 Å². The Bertz CT molecular complexity index is 604. The van der Waals surface area contributed by atoms with Crippen LogP contribution in [0.2, 0.25) is 0 Å². The van der Waals surface area contributed by atoms with Crippen molar-refractivity contribution in [3.8, 4) is 5.69 Å². The second-order valence-electron chi connectivity index (χ2n) is 5.49. The van der Waals surface area contributed by atoms with Gasteiger partial charge in [-0.05, 0) is 31.9 Å². The highest BCUT2D eigenvalue weighted by Crippen LogP contribution is 2.35. The first kappa shape index (κ1) is 14.1. The molecule has 1 fully saturated rings. The summed E-state index contributed by atoms with van der Waals surface area (Å²) in [6.45, 7) is 3.22. The number of aryl methyl sites for hydroxylation is 1. The zero-order valence-electron chi connectivity index (χ0n) is 12.4. The molecule has 1 saturated carbocycles. The molecular formula is C16H22N4O. The summed E-state index contributed by atoms with van der Waals surface area (Å²) in [4.78, 5) is 2.26. The minimum absolute atomic E-state index is 0.138. The van der Waals surface area contributed by atoms with Crippen LogP contribution in [0.1, 0.15) is 24.1 Å². The van der Waals surface area contributed by atoms with Gasteiger partial charge >= 0.3 is 0 Å². The van der Waals surface area contributed by atoms with E-state index < -0.39 is 0 Å². The molecule has 1 aromatic carbocycles. The lowest BCUT2D eigenvalue weighted by Gasteiger charge is -2.25. The monoisotopic (exact) mass is 286 g/mol. The molecule has 0 bridgehead atoms. The molecule has 0 radical (unpaired) electrons. The summed E-state index contributed by atoms with van der Waals surface area (Å²) in [5.41, 5.74) is 9.01. The smallest absolute Gasteiger partial charge is 0.137 e. The van der Waals surface area contributed by atoms with E-state index in [1.165, 1.54) is 12.8 Å². The second kappa shape index (κ2) is 5.87. The third kappa shape index (κ3) is 2.66. The zero-order valence-corrected chi connectivity index (χ0v) is 12.4. The van der Waals surface area contributed by atoms with Gasteiger partial charge in [0.05, 0.1) is 18.0 Å². The lowest BCUT2D eigenvalue weighted by Crippen LogP contribution is -2.32. The van der Waals surface area contributed by atoms with Crippen molar-refractivity contribution in [3.63, 3.8) is 0 Å². The van der Waals surface area contributed by atoms with Gasteiger partial charge in [-0.25, -0.2) is 4.68 Å². The van der Waals surface area contributed by atoms with Gasteiger partial charge in [0.1, 0.15) is 5.82 Å². The van der Waals surface area contributed by atoms with Gasteiger partial charge in [0, 0.05) is 24.7 Å². The van der Waals surface area contributed by atoms with Crippen LogP contribution in [0.25, 0.3) is 5.69 Å². The van der Waals surface area contributed by atoms with Crippen molar-refractivity contribution in [2.75, 3.05) is 18.1 Å². The predicted molar refractivity (Wildman–Crippen MR) is 83.6 cm³/mol. The molecule has 0 unspecified atom stereocenters. The Morgan fingerprint density at radius 1 is 1.33 bits per heavy atom. The molecule has 5 nitrogen and oxygen atoms in total. The Labute approximate surface area is 125 Å². The van der Waals surface area contributed by atoms with Crippen molar-refractivity contribution in [1.29, 1.82) is 0 Å². The molecule has 5 heteroatoms. The van der Waals surface area contributed by atoms with E-state index in [2.05, 4.69) is 10.00 Å². The average Bonchev–Trinajstić information content (AvgIpc) is 3.29. The van der Waals surface area contributed by atoms with Crippen molar-refractivity contribution < 1.29 is 5.11 Å². The quantitative estimate of drug-likeness (QED) is 0.846. The van der Waals surface area contributed by atoms with Crippen LogP contribution >= 0.6 is 0 Å². The van der Waals surface area contributed by atoms with Crippen LogP contribution < -0.4 is 10.6 Å². The van der Waals surface area contributed by atoms with Crippen LogP contribution in [0.5, 0.6) is 0 Å². The van der Waals surface area contributed by atoms with Crippen LogP contribution in [0.15, 0.2) is 30.3 Å². The van der Waals surface area contributed by atoms with E-state index in [-0.39, 0.29) is 6.61 Å². The molecule has 3 N–H and O–H groups in total. The maximum atomic E-state index is 9.40. The molecule has 112 valence electrons. The molecule has 1 aromatic heterocycles. The molecule has 21 heavy (non-hydrogen) atoms. The number of nitrogens with zero attached hydrogens (tertiary/aromatic N) is 3. The van der Waals surface area contributed by atoms with Crippen molar-refractivity contribution in [1.82, 2.24) is 9.78 Å². The van der Waals surface area contributed by atoms with Crippen molar-refractivity contribution in [2.45, 2.75) is 32.4 Å². The molecule has 3 rings (SSSR count). The van der Waals surface area contributed by atoms with E-state index in [0.717, 1.165) is 22.8 Å². The van der Waals surface area contributed by atoms with Crippen molar-refractivity contribution in [2.24, 2.45) is 5.73 Å². The highest BCUT2D eigenvalue weighted by atomic mass is 16.3. The summed E-state index contributed by atoms with van der Waals surface area (Å²) in [5.74, 6) is 1.04. The van der Waals surface area contributed by atoms with E-state index in [9.17, 15) is 5.11 Å². The third-order valence-electron chi connectivity index (χ3n) is 3.96. The number of hydrogen-bond donors (Lipinski definition) is 2. The maximum Gasteiger partial charge on any atom is 0.137 e. The molecule has 1 heterocycles. The van der Waals surface area contributed by atoms with Gasteiger partial charge in [-0.2, -0.15) is 5.10 Å². The Kier molecular flexibility index (Phi) is 3.94. The van der Waals surface area contributed by atoms with E-state index in [0.29, 0.717) is 19.1 Å². The SMILES string of the molecule is Cc1nn(-c2ccccc2)c(N(CCO)C2CC2)c1CN. The standard InChI is InChI=1S/C16H22N4O/c1-12-15(11-17)16(19(9-10-21)13-7-8-13)20(18-12)14-5-3-2-4-6-14/h2-6,13,21H,7-11,17H2,1H3. The van der Waals surface area contributed by atoms with Crippen molar-refractivity contribution >= 4 is 5.82 Å². The molecular weight excluding hydrogens is 264 g/mol. The minimum atomic E-state index is 0.138. The number of hydrogen-bond acceptors (Lipinski definition) is 4. The maximum absolute atomic E-state index is 9.40. The van der Waals surface area contributed by atoms with Crippen LogP contribution in [0, 0.1) is 6.92 Å². The first-order valence-electron chi connectivity index (χ1n) is 7.47. The molecule has 1 aliphatic rings. The van der Waals surface area contributed by atoms with Crippen LogP contribution in [-0.2, 0) is 6.54 Å². The third-order valence-corrected chi connectivity index (χ3v) is 3.96. The largest absolute Gasteiger partial charge is 0.395 e. The number of rotatable bonds is 6. The number of aliphatic hydroxyl groups is 1. The molecule has 0 spiro atoms. The van der Waals surface area contributed by atoms with E-state index in [4.69, 9.17) is 5.73 Å². The van der Waals surface area contributed by atoms with Gasteiger partial charge in [0.25, 0.3) is 0 Å². The molecule has 1 aliphatic carbocycles. The summed E-state index contributed by atoms with van der Waals surface area (Å²) in [5, 5.41) is 14.1. The molecule has 0 atom stereocenters. The van der Waals surface area contributed by atoms with E-state index in [1.807, 2.05) is 41.9 Å². The number of aromatic nitrogens is 2. The predicted octanol–water partition coefficient (Wildman–Crippen LogP) is 1.60. The summed E-state index contributed by atoms with van der Waals surface area (Å²) < 4.78 is 1.96. The Balaban J connectivity index is 2.11. The Morgan fingerprint density at radius 2 is 2.05 bits per heavy atom. The fraction of sp³-hybridized carbons (Fsp3) is 0.438. The van der Waals surface area contributed by atoms with Crippen LogP contribution in [0.3, 0.4) is 0 Å². The van der Waals surface area contributed by atoms with Crippen molar-refractivity contribution in [3.05, 3.63) is 41.6 Å². The number of nitrogens with two attached hydrogens (primary N) is 1. The summed E-state index contributed by atoms with van der Waals surface area (Å²) in [6, 6.07) is 10.6. The average molecular weight is 286 g/mol. The van der Waals surface area contributed by atoms with Gasteiger partial charge in [-0.15, -0.1) is 0 Å². The van der Waals surface area contributed by atoms with Crippen LogP contribution in [-0.4, -0.2) is 34.1 Å². The highest BCUT2D eigenvalue weighted by Gasteiger charge is 2.33. The first-order chi connectivity index (χ1) is 10.3. The fourth-order valence-corrected chi connectivity index (χ4v) is 2.79. The fourth-order valence-electron chi connectivity index (χ4n) is 2.79. The molecule has 0 aliphatic heterocycles. The first-order valence-corrected chi connectivity index (χ1v) is 7.47. The zero-order chi connectivity index (χ0) is 14.8. The topological polar surface area (TPSA) is 67.3 Å². The van der Waals surface area contributed by atoms with Gasteiger partial charge in [0.15, 0.2) is 0 Å². The van der Waals surface area contributed by atoms with Gasteiger partial charge < -0.3 is 15.7 Å². The lowest BCUT2D eigenvalue weighted by atomic mass is 10.2. The number of para-hydroxylation sites is 1. The number of aliphatic hydroxyl groups excluding tert-OH is 1. The highest BCUT2D eigenvalue weighted by molar-refractivity contribution is 5.56. The van der Waals surface area contributed by atoms with Gasteiger partial charge in [-0.3, -0.25) is 0 Å². The molecule has 0 saturated heterocycles. The minimum Gasteiger partial charge on any atom is -0.395 e. The summed E-state index contributed by atoms with van der Waals surface area (Å²) in [6.07, 6.45) is 2.34. The molecule has 2 aromatic rings. The van der Waals surface area contributed by atoms with E-state index >= 15 is 0 Å². The van der Waals surface area contributed by atoms with Gasteiger partial charge in [0.2, 0.25) is 0 Å². The second-order valence-corrected chi connectivity index (χ2v) is 5.49. The number of anilines is 1. The summed E-state index contributed by atoms with van der Waals surface area (Å²) >= 11 is 0. The molecule has 0 amide bonds. The normalized spacial score (nSPS) is 14.4. The Morgan fingerprint density at radius 3 is 2.62 bits per heavy atom. The Hall–Kier alpha value is -1.85.